The third-order valence-corrected chi connectivity index (χ3v) is 2.80. The van der Waals surface area contributed by atoms with Crippen molar-refractivity contribution in [2.75, 3.05) is 39.4 Å². The monoisotopic (exact) mass is 272 g/mol. The zero-order valence-corrected chi connectivity index (χ0v) is 11.1. The Labute approximate surface area is 113 Å². The topological polar surface area (TPSA) is 38.5 Å². The van der Waals surface area contributed by atoms with E-state index in [0.717, 1.165) is 19.5 Å². The van der Waals surface area contributed by atoms with Gasteiger partial charge in [-0.05, 0) is 12.0 Å². The molecule has 0 heterocycles. The highest BCUT2D eigenvalue weighted by atomic mass is 19.3. The first kappa shape index (κ1) is 16.0. The molecule has 0 aliphatic heterocycles. The van der Waals surface area contributed by atoms with Gasteiger partial charge in [-0.25, -0.2) is 8.78 Å². The first-order valence-electron chi connectivity index (χ1n) is 6.54. The molecule has 0 fully saturated rings. The van der Waals surface area contributed by atoms with Crippen LogP contribution in [-0.4, -0.2) is 50.7 Å². The number of ether oxygens (including phenoxy) is 1. The van der Waals surface area contributed by atoms with Gasteiger partial charge in [-0.15, -0.1) is 0 Å². The van der Waals surface area contributed by atoms with E-state index in [2.05, 4.69) is 17.0 Å². The van der Waals surface area contributed by atoms with Gasteiger partial charge in [0, 0.05) is 26.2 Å². The lowest BCUT2D eigenvalue weighted by Gasteiger charge is -2.21. The Hall–Kier alpha value is -1.04. The molecule has 0 atom stereocenters. The second-order valence-corrected chi connectivity index (χ2v) is 4.33. The Kier molecular flexibility index (Phi) is 8.29. The number of nitrogens with two attached hydrogens (primary N) is 1. The van der Waals surface area contributed by atoms with Gasteiger partial charge in [0.05, 0.1) is 6.61 Å². The summed E-state index contributed by atoms with van der Waals surface area (Å²) in [5.74, 6) is 0. The lowest BCUT2D eigenvalue weighted by Crippen LogP contribution is -2.34. The van der Waals surface area contributed by atoms with E-state index in [-0.39, 0.29) is 0 Å². The van der Waals surface area contributed by atoms with Crippen LogP contribution >= 0.6 is 0 Å². The molecule has 0 saturated heterocycles. The van der Waals surface area contributed by atoms with Gasteiger partial charge >= 0.3 is 0 Å². The number of benzene rings is 1. The third-order valence-electron chi connectivity index (χ3n) is 2.80. The van der Waals surface area contributed by atoms with Crippen LogP contribution in [0.1, 0.15) is 5.56 Å². The minimum Gasteiger partial charge on any atom is -0.374 e. The number of nitrogens with zero attached hydrogens (tertiary/aromatic N) is 1. The van der Waals surface area contributed by atoms with Crippen LogP contribution in [0.4, 0.5) is 8.78 Å². The highest BCUT2D eigenvalue weighted by molar-refractivity contribution is 5.14. The minimum atomic E-state index is -2.40. The van der Waals surface area contributed by atoms with Crippen LogP contribution in [0, 0.1) is 0 Å². The molecule has 0 spiro atoms. The summed E-state index contributed by atoms with van der Waals surface area (Å²) in [6, 6.07) is 10.2. The van der Waals surface area contributed by atoms with Crippen LogP contribution in [0.2, 0.25) is 0 Å². The van der Waals surface area contributed by atoms with Gasteiger partial charge in [0.25, 0.3) is 6.43 Å². The summed E-state index contributed by atoms with van der Waals surface area (Å²) < 4.78 is 28.7. The normalized spacial score (nSPS) is 11.4. The van der Waals surface area contributed by atoms with Gasteiger partial charge in [0.2, 0.25) is 0 Å². The van der Waals surface area contributed by atoms with Gasteiger partial charge in [0.15, 0.2) is 0 Å². The van der Waals surface area contributed by atoms with E-state index >= 15 is 0 Å². The Balaban J connectivity index is 2.24. The smallest absolute Gasteiger partial charge is 0.261 e. The van der Waals surface area contributed by atoms with E-state index in [1.165, 1.54) is 5.56 Å². The van der Waals surface area contributed by atoms with Crippen LogP contribution in [0.15, 0.2) is 30.3 Å². The fraction of sp³-hybridized carbons (Fsp3) is 0.571. The Bertz CT molecular complexity index is 322. The van der Waals surface area contributed by atoms with Crippen LogP contribution in [0.25, 0.3) is 0 Å². The molecule has 0 aliphatic carbocycles. The molecule has 2 N–H and O–H groups in total. The Morgan fingerprint density at radius 3 is 2.47 bits per heavy atom. The molecule has 0 unspecified atom stereocenters. The average molecular weight is 272 g/mol. The Morgan fingerprint density at radius 1 is 1.11 bits per heavy atom. The van der Waals surface area contributed by atoms with Gasteiger partial charge in [-0.3, -0.25) is 4.90 Å². The van der Waals surface area contributed by atoms with Crippen molar-refractivity contribution in [3.05, 3.63) is 35.9 Å². The van der Waals surface area contributed by atoms with Crippen molar-refractivity contribution in [1.29, 1.82) is 0 Å². The molecule has 19 heavy (non-hydrogen) atoms. The number of alkyl halides is 2. The maximum Gasteiger partial charge on any atom is 0.261 e. The quantitative estimate of drug-likeness (QED) is 0.660. The van der Waals surface area contributed by atoms with Crippen molar-refractivity contribution in [1.82, 2.24) is 4.90 Å². The number of rotatable bonds is 10. The second kappa shape index (κ2) is 9.83. The summed E-state index contributed by atoms with van der Waals surface area (Å²) in [4.78, 5) is 2.14. The van der Waals surface area contributed by atoms with E-state index in [1.54, 1.807) is 0 Å². The maximum absolute atomic E-state index is 11.9. The van der Waals surface area contributed by atoms with Crippen molar-refractivity contribution in [2.24, 2.45) is 5.73 Å². The molecular formula is C14H22F2N2O. The second-order valence-electron chi connectivity index (χ2n) is 4.33. The van der Waals surface area contributed by atoms with Crippen molar-refractivity contribution in [3.8, 4) is 0 Å². The summed E-state index contributed by atoms with van der Waals surface area (Å²) >= 11 is 0. The van der Waals surface area contributed by atoms with Gasteiger partial charge in [0.1, 0.15) is 6.61 Å². The van der Waals surface area contributed by atoms with Crippen molar-refractivity contribution in [2.45, 2.75) is 12.8 Å². The number of halogens is 2. The van der Waals surface area contributed by atoms with Crippen LogP contribution in [0.5, 0.6) is 0 Å². The third kappa shape index (κ3) is 7.87. The summed E-state index contributed by atoms with van der Waals surface area (Å²) in [5.41, 5.74) is 6.81. The first-order chi connectivity index (χ1) is 9.22. The SMILES string of the molecule is NCCN(CCOCC(F)F)CCc1ccccc1. The average Bonchev–Trinajstić information content (AvgIpc) is 2.41. The van der Waals surface area contributed by atoms with E-state index in [1.807, 2.05) is 18.2 Å². The summed E-state index contributed by atoms with van der Waals surface area (Å²) in [7, 11) is 0. The molecular weight excluding hydrogens is 250 g/mol. The fourth-order valence-corrected chi connectivity index (χ4v) is 1.82. The molecule has 0 aromatic heterocycles. The van der Waals surface area contributed by atoms with Gasteiger partial charge in [-0.2, -0.15) is 0 Å². The van der Waals surface area contributed by atoms with E-state index in [9.17, 15) is 8.78 Å². The van der Waals surface area contributed by atoms with Crippen molar-refractivity contribution in [3.63, 3.8) is 0 Å². The van der Waals surface area contributed by atoms with E-state index in [0.29, 0.717) is 19.7 Å². The molecule has 0 bridgehead atoms. The van der Waals surface area contributed by atoms with Gasteiger partial charge < -0.3 is 10.5 Å². The van der Waals surface area contributed by atoms with Crippen molar-refractivity contribution >= 4 is 0 Å². The molecule has 1 aromatic rings. The van der Waals surface area contributed by atoms with Crippen LogP contribution in [-0.2, 0) is 11.2 Å². The van der Waals surface area contributed by atoms with Crippen molar-refractivity contribution < 1.29 is 13.5 Å². The van der Waals surface area contributed by atoms with Gasteiger partial charge in [-0.1, -0.05) is 30.3 Å². The molecule has 1 aromatic carbocycles. The summed E-state index contributed by atoms with van der Waals surface area (Å²) in [5, 5.41) is 0. The lowest BCUT2D eigenvalue weighted by atomic mass is 10.1. The predicted molar refractivity (Wildman–Crippen MR) is 72.5 cm³/mol. The summed E-state index contributed by atoms with van der Waals surface area (Å²) in [6.07, 6.45) is -1.47. The standard InChI is InChI=1S/C14H22F2N2O/c15-14(16)12-19-11-10-18(9-7-17)8-6-13-4-2-1-3-5-13/h1-5,14H,6-12,17H2. The van der Waals surface area contributed by atoms with E-state index < -0.39 is 13.0 Å². The highest BCUT2D eigenvalue weighted by Gasteiger charge is 2.06. The minimum absolute atomic E-state index is 0.319. The molecule has 5 heteroatoms. The molecule has 0 radical (unpaired) electrons. The lowest BCUT2D eigenvalue weighted by molar-refractivity contribution is 0.0101. The maximum atomic E-state index is 11.9. The molecule has 1 rings (SSSR count). The van der Waals surface area contributed by atoms with E-state index in [4.69, 9.17) is 10.5 Å². The molecule has 3 nitrogen and oxygen atoms in total. The van der Waals surface area contributed by atoms with Crippen LogP contribution in [0.3, 0.4) is 0 Å². The summed E-state index contributed by atoms with van der Waals surface area (Å²) in [6.45, 7) is 2.64. The predicted octanol–water partition coefficient (Wildman–Crippen LogP) is 1.77. The molecule has 0 aliphatic rings. The number of hydrogen-bond acceptors (Lipinski definition) is 3. The number of hydrogen-bond donors (Lipinski definition) is 1. The van der Waals surface area contributed by atoms with Crippen LogP contribution < -0.4 is 5.73 Å². The molecule has 0 saturated carbocycles. The fourth-order valence-electron chi connectivity index (χ4n) is 1.82. The molecule has 0 amide bonds. The highest BCUT2D eigenvalue weighted by Crippen LogP contribution is 2.01. The first-order valence-corrected chi connectivity index (χ1v) is 6.54. The zero-order valence-electron chi connectivity index (χ0n) is 11.1. The molecule has 108 valence electrons. The Morgan fingerprint density at radius 2 is 1.84 bits per heavy atom. The zero-order chi connectivity index (χ0) is 13.9. The largest absolute Gasteiger partial charge is 0.374 e.